The van der Waals surface area contributed by atoms with Crippen molar-refractivity contribution in [3.05, 3.63) is 48.5 Å². The maximum atomic E-state index is 4.07. The van der Waals surface area contributed by atoms with Gasteiger partial charge in [0.1, 0.15) is 0 Å². The summed E-state index contributed by atoms with van der Waals surface area (Å²) < 4.78 is 2.02. The molecule has 0 aliphatic carbocycles. The molecule has 0 aliphatic rings. The summed E-state index contributed by atoms with van der Waals surface area (Å²) in [5.41, 5.74) is 2.52. The monoisotopic (exact) mass is 301 g/mol. The first-order valence-electron chi connectivity index (χ1n) is 8.45. The van der Waals surface area contributed by atoms with Gasteiger partial charge in [0.25, 0.3) is 0 Å². The Balaban J connectivity index is 0.00000116. The molecule has 0 bridgehead atoms. The van der Waals surface area contributed by atoms with Crippen LogP contribution in [0.3, 0.4) is 0 Å². The third-order valence-electron chi connectivity index (χ3n) is 3.60. The molecule has 3 nitrogen and oxygen atoms in total. The molecule has 0 unspecified atom stereocenters. The van der Waals surface area contributed by atoms with Crippen LogP contribution in [0.4, 0.5) is 0 Å². The molecule has 0 radical (unpaired) electrons. The van der Waals surface area contributed by atoms with E-state index in [9.17, 15) is 0 Å². The molecule has 22 heavy (non-hydrogen) atoms. The summed E-state index contributed by atoms with van der Waals surface area (Å²) in [6.07, 6.45) is 8.18. The van der Waals surface area contributed by atoms with Gasteiger partial charge in [0.2, 0.25) is 0 Å². The van der Waals surface area contributed by atoms with E-state index in [4.69, 9.17) is 0 Å². The third-order valence-corrected chi connectivity index (χ3v) is 3.60. The van der Waals surface area contributed by atoms with Gasteiger partial charge in [-0.2, -0.15) is 0 Å². The normalized spacial score (nSPS) is 11.9. The van der Waals surface area contributed by atoms with Crippen molar-refractivity contribution < 1.29 is 0 Å². The standard InChI is InChI=1S/C17H25N3.C2H6/c1-4-5-15(2)12-19(3)13-16-6-8-17(9-7-16)20-11-10-18-14-20;1-2/h6-11,14-15H,4-5,12-13H2,1-3H3;1-2H3/t15-;/m0./s1. The number of benzene rings is 1. The first kappa shape index (κ1) is 18.4. The van der Waals surface area contributed by atoms with Gasteiger partial charge in [-0.05, 0) is 37.1 Å². The second-order valence-electron chi connectivity index (χ2n) is 5.73. The lowest BCUT2D eigenvalue weighted by Gasteiger charge is -2.21. The van der Waals surface area contributed by atoms with Crippen LogP contribution in [0.1, 0.15) is 46.1 Å². The Morgan fingerprint density at radius 2 is 1.86 bits per heavy atom. The van der Waals surface area contributed by atoms with Gasteiger partial charge in [0.05, 0.1) is 6.33 Å². The highest BCUT2D eigenvalue weighted by atomic mass is 15.1. The third kappa shape index (κ3) is 6.02. The number of aromatic nitrogens is 2. The zero-order valence-corrected chi connectivity index (χ0v) is 14.8. The van der Waals surface area contributed by atoms with Gasteiger partial charge in [-0.25, -0.2) is 4.98 Å². The van der Waals surface area contributed by atoms with Gasteiger partial charge in [-0.3, -0.25) is 0 Å². The SMILES string of the molecule is CC.CCC[C@H](C)CN(C)Cc1ccc(-n2ccnc2)cc1. The molecule has 1 aromatic heterocycles. The molecule has 122 valence electrons. The Kier molecular flexibility index (Phi) is 8.53. The Morgan fingerprint density at radius 3 is 2.41 bits per heavy atom. The number of imidazole rings is 1. The number of hydrogen-bond acceptors (Lipinski definition) is 2. The van der Waals surface area contributed by atoms with E-state index in [1.54, 1.807) is 6.20 Å². The molecule has 0 saturated carbocycles. The lowest BCUT2D eigenvalue weighted by molar-refractivity contribution is 0.270. The molecule has 2 aromatic rings. The van der Waals surface area contributed by atoms with E-state index in [2.05, 4.69) is 55.0 Å². The number of rotatable bonds is 7. The molecule has 3 heteroatoms. The van der Waals surface area contributed by atoms with Gasteiger partial charge in [0.15, 0.2) is 0 Å². The molecule has 2 rings (SSSR count). The predicted molar refractivity (Wildman–Crippen MR) is 95.3 cm³/mol. The van der Waals surface area contributed by atoms with E-state index in [-0.39, 0.29) is 0 Å². The summed E-state index contributed by atoms with van der Waals surface area (Å²) in [6.45, 7) is 10.8. The van der Waals surface area contributed by atoms with E-state index < -0.39 is 0 Å². The van der Waals surface area contributed by atoms with Gasteiger partial charge in [-0.1, -0.05) is 46.2 Å². The fourth-order valence-corrected chi connectivity index (χ4v) is 2.68. The molecule has 1 atom stereocenters. The van der Waals surface area contributed by atoms with Crippen molar-refractivity contribution in [2.45, 2.75) is 47.1 Å². The Morgan fingerprint density at radius 1 is 1.18 bits per heavy atom. The molecule has 0 fully saturated rings. The minimum absolute atomic E-state index is 0.773. The van der Waals surface area contributed by atoms with Crippen LogP contribution in [-0.4, -0.2) is 28.0 Å². The van der Waals surface area contributed by atoms with Crippen LogP contribution in [0.25, 0.3) is 5.69 Å². The summed E-state index contributed by atoms with van der Waals surface area (Å²) in [7, 11) is 2.20. The summed E-state index contributed by atoms with van der Waals surface area (Å²) in [5.74, 6) is 0.773. The van der Waals surface area contributed by atoms with E-state index >= 15 is 0 Å². The second kappa shape index (κ2) is 10.2. The van der Waals surface area contributed by atoms with Gasteiger partial charge >= 0.3 is 0 Å². The largest absolute Gasteiger partial charge is 0.306 e. The zero-order chi connectivity index (χ0) is 16.4. The highest BCUT2D eigenvalue weighted by molar-refractivity contribution is 5.34. The molecule has 1 heterocycles. The Labute approximate surface area is 136 Å². The van der Waals surface area contributed by atoms with Crippen LogP contribution < -0.4 is 0 Å². The first-order chi connectivity index (χ1) is 10.7. The maximum Gasteiger partial charge on any atom is 0.0991 e. The fraction of sp³-hybridized carbons (Fsp3) is 0.526. The van der Waals surface area contributed by atoms with Crippen molar-refractivity contribution in [1.29, 1.82) is 0 Å². The minimum Gasteiger partial charge on any atom is -0.306 e. The van der Waals surface area contributed by atoms with Crippen LogP contribution in [0.15, 0.2) is 43.0 Å². The van der Waals surface area contributed by atoms with Crippen molar-refractivity contribution in [2.24, 2.45) is 5.92 Å². The second-order valence-corrected chi connectivity index (χ2v) is 5.73. The molecule has 0 saturated heterocycles. The molecule has 0 amide bonds. The number of nitrogens with zero attached hydrogens (tertiary/aromatic N) is 3. The predicted octanol–water partition coefficient (Wildman–Crippen LogP) is 4.77. The fourth-order valence-electron chi connectivity index (χ4n) is 2.68. The topological polar surface area (TPSA) is 21.1 Å². The van der Waals surface area contributed by atoms with E-state index in [0.717, 1.165) is 24.7 Å². The van der Waals surface area contributed by atoms with Gasteiger partial charge in [0, 0.05) is 31.2 Å². The lowest BCUT2D eigenvalue weighted by Crippen LogP contribution is -2.23. The molecule has 1 aromatic carbocycles. The average Bonchev–Trinajstić information content (AvgIpc) is 3.04. The van der Waals surface area contributed by atoms with Crippen molar-refractivity contribution in [2.75, 3.05) is 13.6 Å². The molecule has 0 spiro atoms. The van der Waals surface area contributed by atoms with Crippen LogP contribution in [0.2, 0.25) is 0 Å². The van der Waals surface area contributed by atoms with Crippen LogP contribution in [0, 0.1) is 5.92 Å². The van der Waals surface area contributed by atoms with Crippen molar-refractivity contribution >= 4 is 0 Å². The van der Waals surface area contributed by atoms with Crippen molar-refractivity contribution in [3.8, 4) is 5.69 Å². The number of hydrogen-bond donors (Lipinski definition) is 0. The summed E-state index contributed by atoms with van der Waals surface area (Å²) in [5, 5.41) is 0. The molecule has 0 aliphatic heterocycles. The van der Waals surface area contributed by atoms with Gasteiger partial charge in [-0.15, -0.1) is 0 Å². The highest BCUT2D eigenvalue weighted by Gasteiger charge is 2.06. The average molecular weight is 301 g/mol. The summed E-state index contributed by atoms with van der Waals surface area (Å²) >= 11 is 0. The van der Waals surface area contributed by atoms with Crippen LogP contribution >= 0.6 is 0 Å². The van der Waals surface area contributed by atoms with E-state index in [1.807, 2.05) is 30.9 Å². The lowest BCUT2D eigenvalue weighted by atomic mass is 10.1. The highest BCUT2D eigenvalue weighted by Crippen LogP contribution is 2.12. The molecule has 0 N–H and O–H groups in total. The molecular formula is C19H31N3. The summed E-state index contributed by atoms with van der Waals surface area (Å²) in [4.78, 5) is 6.48. The minimum atomic E-state index is 0.773. The van der Waals surface area contributed by atoms with Gasteiger partial charge < -0.3 is 9.47 Å². The van der Waals surface area contributed by atoms with E-state index in [0.29, 0.717) is 0 Å². The van der Waals surface area contributed by atoms with Crippen molar-refractivity contribution in [3.63, 3.8) is 0 Å². The summed E-state index contributed by atoms with van der Waals surface area (Å²) in [6, 6.07) is 8.72. The maximum absolute atomic E-state index is 4.07. The van der Waals surface area contributed by atoms with Crippen LogP contribution in [0.5, 0.6) is 0 Å². The molecular weight excluding hydrogens is 270 g/mol. The van der Waals surface area contributed by atoms with Crippen LogP contribution in [-0.2, 0) is 6.54 Å². The smallest absolute Gasteiger partial charge is 0.0991 e. The quantitative estimate of drug-likeness (QED) is 0.734. The Hall–Kier alpha value is -1.61. The van der Waals surface area contributed by atoms with Crippen molar-refractivity contribution in [1.82, 2.24) is 14.5 Å². The van der Waals surface area contributed by atoms with E-state index in [1.165, 1.54) is 18.4 Å². The zero-order valence-electron chi connectivity index (χ0n) is 14.8. The Bertz CT molecular complexity index is 488. The first-order valence-corrected chi connectivity index (χ1v) is 8.45.